The molecule has 0 atom stereocenters. The van der Waals surface area contributed by atoms with Gasteiger partial charge in [0.25, 0.3) is 5.91 Å². The molecule has 8 nitrogen and oxygen atoms in total. The summed E-state index contributed by atoms with van der Waals surface area (Å²) >= 11 is 0. The molecule has 2 aromatic rings. The second kappa shape index (κ2) is 10.1. The summed E-state index contributed by atoms with van der Waals surface area (Å²) < 4.78 is 44.2. The summed E-state index contributed by atoms with van der Waals surface area (Å²) in [6.07, 6.45) is -3.80. The molecule has 11 heteroatoms. The number of hydrazone groups is 1. The average Bonchev–Trinajstić information content (AvgIpc) is 2.79. The van der Waals surface area contributed by atoms with Gasteiger partial charge in [0, 0.05) is 18.7 Å². The van der Waals surface area contributed by atoms with Crippen molar-refractivity contribution in [2.45, 2.75) is 6.18 Å². The SMILES string of the molecule is O=C(NN=Cc1ccccc1C(F)(F)F)C(=O)Nc1ccccc1C(=O)N1CCOCC1. The van der Waals surface area contributed by atoms with Crippen molar-refractivity contribution in [1.29, 1.82) is 0 Å². The fraction of sp³-hybridized carbons (Fsp3) is 0.238. The molecule has 2 N–H and O–H groups in total. The molecule has 0 aliphatic carbocycles. The number of morpholine rings is 1. The van der Waals surface area contributed by atoms with E-state index < -0.39 is 23.6 Å². The minimum Gasteiger partial charge on any atom is -0.378 e. The monoisotopic (exact) mass is 448 g/mol. The van der Waals surface area contributed by atoms with Gasteiger partial charge in [-0.3, -0.25) is 14.4 Å². The molecule has 1 aliphatic heterocycles. The van der Waals surface area contributed by atoms with E-state index in [0.29, 0.717) is 26.3 Å². The predicted molar refractivity (Wildman–Crippen MR) is 109 cm³/mol. The van der Waals surface area contributed by atoms with Gasteiger partial charge in [0.1, 0.15) is 0 Å². The topological polar surface area (TPSA) is 100 Å². The number of nitrogens with zero attached hydrogens (tertiary/aromatic N) is 2. The first-order chi connectivity index (χ1) is 15.3. The maximum Gasteiger partial charge on any atom is 0.417 e. The molecule has 0 saturated carbocycles. The molecule has 0 radical (unpaired) electrons. The summed E-state index contributed by atoms with van der Waals surface area (Å²) in [5.41, 5.74) is 0.987. The van der Waals surface area contributed by atoms with Crippen molar-refractivity contribution in [1.82, 2.24) is 10.3 Å². The van der Waals surface area contributed by atoms with Crippen LogP contribution in [-0.4, -0.2) is 55.1 Å². The maximum atomic E-state index is 13.0. The number of hydrogen-bond acceptors (Lipinski definition) is 5. The summed E-state index contributed by atoms with van der Waals surface area (Å²) in [6, 6.07) is 10.8. The van der Waals surface area contributed by atoms with Crippen LogP contribution in [0.15, 0.2) is 53.6 Å². The Morgan fingerprint density at radius 1 is 0.969 bits per heavy atom. The molecule has 168 valence electrons. The molecule has 0 unspecified atom stereocenters. The molecule has 1 fully saturated rings. The average molecular weight is 448 g/mol. The zero-order chi connectivity index (χ0) is 23.1. The molecule has 0 spiro atoms. The Labute approximate surface area is 181 Å². The van der Waals surface area contributed by atoms with Crippen molar-refractivity contribution in [2.24, 2.45) is 5.10 Å². The van der Waals surface area contributed by atoms with Crippen LogP contribution < -0.4 is 10.7 Å². The Morgan fingerprint density at radius 2 is 1.62 bits per heavy atom. The van der Waals surface area contributed by atoms with Crippen molar-refractivity contribution in [3.05, 3.63) is 65.2 Å². The number of hydrogen-bond donors (Lipinski definition) is 2. The predicted octanol–water partition coefficient (Wildman–Crippen LogP) is 2.27. The standard InChI is InChI=1S/C21H19F3N4O4/c22-21(23,24)16-7-3-1-5-14(16)13-25-27-19(30)18(29)26-17-8-4-2-6-15(17)20(31)28-9-11-32-12-10-28/h1-8,13H,9-12H2,(H,26,29)(H,27,30). The Balaban J connectivity index is 1.65. The Hall–Kier alpha value is -3.73. The Morgan fingerprint density at radius 3 is 2.34 bits per heavy atom. The van der Waals surface area contributed by atoms with Gasteiger partial charge in [-0.05, 0) is 18.2 Å². The number of nitrogens with one attached hydrogen (secondary N) is 2. The zero-order valence-electron chi connectivity index (χ0n) is 16.7. The molecule has 1 heterocycles. The van der Waals surface area contributed by atoms with Gasteiger partial charge in [0.05, 0.1) is 36.2 Å². The number of ether oxygens (including phenoxy) is 1. The second-order valence-electron chi connectivity index (χ2n) is 6.69. The minimum atomic E-state index is -4.60. The lowest BCUT2D eigenvalue weighted by molar-refractivity contribution is -0.137. The van der Waals surface area contributed by atoms with E-state index in [1.165, 1.54) is 30.3 Å². The van der Waals surface area contributed by atoms with Gasteiger partial charge in [0.2, 0.25) is 0 Å². The van der Waals surface area contributed by atoms with E-state index in [-0.39, 0.29) is 22.7 Å². The molecular weight excluding hydrogens is 429 g/mol. The van der Waals surface area contributed by atoms with Crippen LogP contribution in [-0.2, 0) is 20.5 Å². The lowest BCUT2D eigenvalue weighted by Crippen LogP contribution is -2.41. The van der Waals surface area contributed by atoms with E-state index >= 15 is 0 Å². The number of para-hydroxylation sites is 1. The molecule has 1 aliphatic rings. The van der Waals surface area contributed by atoms with E-state index in [9.17, 15) is 27.6 Å². The number of rotatable bonds is 4. The second-order valence-corrected chi connectivity index (χ2v) is 6.69. The van der Waals surface area contributed by atoms with Gasteiger partial charge in [-0.2, -0.15) is 18.3 Å². The molecule has 0 aromatic heterocycles. The first-order valence-electron chi connectivity index (χ1n) is 9.54. The van der Waals surface area contributed by atoms with Crippen LogP contribution in [0, 0.1) is 0 Å². The van der Waals surface area contributed by atoms with Crippen LogP contribution >= 0.6 is 0 Å². The van der Waals surface area contributed by atoms with Gasteiger partial charge in [-0.15, -0.1) is 0 Å². The summed E-state index contributed by atoms with van der Waals surface area (Å²) in [6.45, 7) is 1.60. The minimum absolute atomic E-state index is 0.121. The summed E-state index contributed by atoms with van der Waals surface area (Å²) in [5, 5.41) is 5.77. The van der Waals surface area contributed by atoms with Gasteiger partial charge in [0.15, 0.2) is 0 Å². The van der Waals surface area contributed by atoms with Gasteiger partial charge in [-0.1, -0.05) is 30.3 Å². The highest BCUT2D eigenvalue weighted by Gasteiger charge is 2.32. The van der Waals surface area contributed by atoms with Crippen LogP contribution in [0.5, 0.6) is 0 Å². The molecule has 3 amide bonds. The molecule has 1 saturated heterocycles. The third-order valence-corrected chi connectivity index (χ3v) is 4.55. The van der Waals surface area contributed by atoms with Crippen LogP contribution in [0.3, 0.4) is 0 Å². The lowest BCUT2D eigenvalue weighted by atomic mass is 10.1. The highest BCUT2D eigenvalue weighted by Crippen LogP contribution is 2.31. The molecule has 3 rings (SSSR count). The largest absolute Gasteiger partial charge is 0.417 e. The van der Waals surface area contributed by atoms with Gasteiger partial charge >= 0.3 is 18.0 Å². The fourth-order valence-corrected chi connectivity index (χ4v) is 2.97. The fourth-order valence-electron chi connectivity index (χ4n) is 2.97. The zero-order valence-corrected chi connectivity index (χ0v) is 16.7. The van der Waals surface area contributed by atoms with Crippen molar-refractivity contribution in [2.75, 3.05) is 31.6 Å². The summed E-state index contributed by atoms with van der Waals surface area (Å²) in [4.78, 5) is 38.5. The number of carbonyl (C=O) groups is 3. The van der Waals surface area contributed by atoms with E-state index in [0.717, 1.165) is 12.3 Å². The molecule has 0 bridgehead atoms. The molecule has 32 heavy (non-hydrogen) atoms. The van der Waals surface area contributed by atoms with E-state index in [2.05, 4.69) is 10.4 Å². The van der Waals surface area contributed by atoms with Crippen LogP contribution in [0.4, 0.5) is 18.9 Å². The number of carbonyl (C=O) groups excluding carboxylic acids is 3. The van der Waals surface area contributed by atoms with Crippen LogP contribution in [0.1, 0.15) is 21.5 Å². The first kappa shape index (κ1) is 22.9. The normalized spacial score (nSPS) is 14.3. The quantitative estimate of drug-likeness (QED) is 0.426. The number of benzene rings is 2. The highest BCUT2D eigenvalue weighted by atomic mass is 19.4. The van der Waals surface area contributed by atoms with Crippen molar-refractivity contribution >= 4 is 29.6 Å². The lowest BCUT2D eigenvalue weighted by Gasteiger charge is -2.27. The van der Waals surface area contributed by atoms with Gasteiger partial charge in [-0.25, -0.2) is 5.43 Å². The third-order valence-electron chi connectivity index (χ3n) is 4.55. The molecular formula is C21H19F3N4O4. The Kier molecular flexibility index (Phi) is 7.21. The number of anilines is 1. The van der Waals surface area contributed by atoms with E-state index in [1.807, 2.05) is 5.43 Å². The number of halogens is 3. The van der Waals surface area contributed by atoms with E-state index in [1.54, 1.807) is 17.0 Å². The van der Waals surface area contributed by atoms with Crippen LogP contribution in [0.2, 0.25) is 0 Å². The molecule has 2 aromatic carbocycles. The Bertz CT molecular complexity index is 1030. The maximum absolute atomic E-state index is 13.0. The van der Waals surface area contributed by atoms with Crippen molar-refractivity contribution in [3.63, 3.8) is 0 Å². The van der Waals surface area contributed by atoms with Crippen molar-refractivity contribution < 1.29 is 32.3 Å². The number of alkyl halides is 3. The summed E-state index contributed by atoms with van der Waals surface area (Å²) in [5.74, 6) is -2.67. The highest BCUT2D eigenvalue weighted by molar-refractivity contribution is 6.40. The first-order valence-corrected chi connectivity index (χ1v) is 9.54. The number of amides is 3. The van der Waals surface area contributed by atoms with E-state index in [4.69, 9.17) is 4.74 Å². The smallest absolute Gasteiger partial charge is 0.378 e. The van der Waals surface area contributed by atoms with Crippen LogP contribution in [0.25, 0.3) is 0 Å². The third kappa shape index (κ3) is 5.70. The van der Waals surface area contributed by atoms with Crippen molar-refractivity contribution in [3.8, 4) is 0 Å². The summed E-state index contributed by atoms with van der Waals surface area (Å²) in [7, 11) is 0. The van der Waals surface area contributed by atoms with Gasteiger partial charge < -0.3 is 15.0 Å².